The van der Waals surface area contributed by atoms with Gasteiger partial charge in [0.15, 0.2) is 0 Å². The minimum absolute atomic E-state index is 0.459. The molecule has 1 fully saturated rings. The summed E-state index contributed by atoms with van der Waals surface area (Å²) in [7, 11) is 0. The summed E-state index contributed by atoms with van der Waals surface area (Å²) in [5.41, 5.74) is 5.00. The van der Waals surface area contributed by atoms with E-state index in [-0.39, 0.29) is 0 Å². The number of hydrogen-bond acceptors (Lipinski definition) is 3. The summed E-state index contributed by atoms with van der Waals surface area (Å²) in [4.78, 5) is 23.8. The molecule has 5 heteroatoms. The Morgan fingerprint density at radius 3 is 2.80 bits per heavy atom. The van der Waals surface area contributed by atoms with Gasteiger partial charge in [-0.25, -0.2) is 0 Å². The molecule has 1 heterocycles. The molecule has 0 spiro atoms. The maximum atomic E-state index is 11.4. The Balaban J connectivity index is 2.56. The zero-order valence-electron chi connectivity index (χ0n) is 9.07. The molecular formula is C10H18N2O2S. The van der Waals surface area contributed by atoms with Gasteiger partial charge in [0.05, 0.1) is 0 Å². The Hall–Kier alpha value is -0.710. The number of carbonyl (C=O) groups is 2. The zero-order valence-corrected chi connectivity index (χ0v) is 9.89. The van der Waals surface area contributed by atoms with E-state index in [9.17, 15) is 9.59 Å². The molecule has 1 atom stereocenters. The van der Waals surface area contributed by atoms with Gasteiger partial charge in [0.2, 0.25) is 0 Å². The first-order chi connectivity index (χ1) is 7.15. The predicted molar refractivity (Wildman–Crippen MR) is 61.5 cm³/mol. The van der Waals surface area contributed by atoms with Gasteiger partial charge < -0.3 is 10.6 Å². The summed E-state index contributed by atoms with van der Waals surface area (Å²) in [6.07, 6.45) is 3.22. The van der Waals surface area contributed by atoms with Crippen LogP contribution in [0.25, 0.3) is 0 Å². The fourth-order valence-electron chi connectivity index (χ4n) is 1.82. The first-order valence-electron chi connectivity index (χ1n) is 5.35. The Morgan fingerprint density at radius 2 is 2.20 bits per heavy atom. The van der Waals surface area contributed by atoms with Crippen molar-refractivity contribution in [2.45, 2.75) is 31.4 Å². The quantitative estimate of drug-likeness (QED) is 0.707. The Labute approximate surface area is 94.6 Å². The van der Waals surface area contributed by atoms with Crippen molar-refractivity contribution in [1.29, 1.82) is 0 Å². The highest BCUT2D eigenvalue weighted by Crippen LogP contribution is 2.21. The third-order valence-electron chi connectivity index (χ3n) is 2.53. The van der Waals surface area contributed by atoms with Gasteiger partial charge in [0, 0.05) is 18.3 Å². The van der Waals surface area contributed by atoms with Crippen molar-refractivity contribution in [3.05, 3.63) is 0 Å². The molecule has 1 rings (SSSR count). The van der Waals surface area contributed by atoms with Gasteiger partial charge >= 0.3 is 11.8 Å². The highest BCUT2D eigenvalue weighted by molar-refractivity contribution is 7.99. The fourth-order valence-corrected chi connectivity index (χ4v) is 2.91. The van der Waals surface area contributed by atoms with E-state index in [2.05, 4.69) is 6.92 Å². The maximum absolute atomic E-state index is 11.4. The minimum atomic E-state index is -0.836. The standard InChI is InChI=1S/C10H18N2O2S/c1-2-15-8-5-3-4-6-12(7-8)10(14)9(11)13/h8H,2-7H2,1H3,(H2,11,13). The number of nitrogens with zero attached hydrogens (tertiary/aromatic N) is 1. The Kier molecular flexibility index (Phi) is 4.94. The van der Waals surface area contributed by atoms with Crippen LogP contribution in [0.15, 0.2) is 0 Å². The van der Waals surface area contributed by atoms with Crippen molar-refractivity contribution in [3.63, 3.8) is 0 Å². The number of hydrogen-bond donors (Lipinski definition) is 1. The molecular weight excluding hydrogens is 212 g/mol. The van der Waals surface area contributed by atoms with Crippen molar-refractivity contribution in [2.24, 2.45) is 5.73 Å². The molecule has 0 bridgehead atoms. The summed E-state index contributed by atoms with van der Waals surface area (Å²) in [6, 6.07) is 0. The summed E-state index contributed by atoms with van der Waals surface area (Å²) < 4.78 is 0. The molecule has 1 saturated heterocycles. The van der Waals surface area contributed by atoms with Crippen LogP contribution in [0.3, 0.4) is 0 Å². The molecule has 0 aromatic heterocycles. The molecule has 86 valence electrons. The second kappa shape index (κ2) is 6.00. The summed E-state index contributed by atoms with van der Waals surface area (Å²) >= 11 is 1.85. The van der Waals surface area contributed by atoms with E-state index in [4.69, 9.17) is 5.73 Å². The number of rotatable bonds is 2. The van der Waals surface area contributed by atoms with Crippen LogP contribution < -0.4 is 5.73 Å². The van der Waals surface area contributed by atoms with Crippen LogP contribution in [0.5, 0.6) is 0 Å². The molecule has 1 unspecified atom stereocenters. The van der Waals surface area contributed by atoms with Crippen LogP contribution in [0.2, 0.25) is 0 Å². The van der Waals surface area contributed by atoms with E-state index in [1.807, 2.05) is 11.8 Å². The highest BCUT2D eigenvalue weighted by Gasteiger charge is 2.24. The van der Waals surface area contributed by atoms with E-state index in [1.54, 1.807) is 4.90 Å². The van der Waals surface area contributed by atoms with Gasteiger partial charge in [0.25, 0.3) is 0 Å². The molecule has 2 amide bonds. The van der Waals surface area contributed by atoms with E-state index in [0.29, 0.717) is 18.3 Å². The topological polar surface area (TPSA) is 63.4 Å². The Morgan fingerprint density at radius 1 is 1.47 bits per heavy atom. The van der Waals surface area contributed by atoms with Gasteiger partial charge in [-0.15, -0.1) is 0 Å². The molecule has 0 aliphatic carbocycles. The molecule has 4 nitrogen and oxygen atoms in total. The largest absolute Gasteiger partial charge is 0.361 e. The first-order valence-corrected chi connectivity index (χ1v) is 6.40. The monoisotopic (exact) mass is 230 g/mol. The molecule has 2 N–H and O–H groups in total. The van der Waals surface area contributed by atoms with Crippen LogP contribution in [-0.4, -0.2) is 40.8 Å². The van der Waals surface area contributed by atoms with E-state index in [0.717, 1.165) is 25.0 Å². The maximum Gasteiger partial charge on any atom is 0.311 e. The third-order valence-corrected chi connectivity index (χ3v) is 3.72. The molecule has 0 saturated carbocycles. The average molecular weight is 230 g/mol. The van der Waals surface area contributed by atoms with Gasteiger partial charge in [0.1, 0.15) is 0 Å². The zero-order chi connectivity index (χ0) is 11.3. The van der Waals surface area contributed by atoms with Crippen molar-refractivity contribution < 1.29 is 9.59 Å². The number of nitrogens with two attached hydrogens (primary N) is 1. The van der Waals surface area contributed by atoms with Gasteiger partial charge in [-0.2, -0.15) is 11.8 Å². The third kappa shape index (κ3) is 3.74. The van der Waals surface area contributed by atoms with Crippen LogP contribution in [0.4, 0.5) is 0 Å². The normalized spacial score (nSPS) is 22.2. The van der Waals surface area contributed by atoms with Crippen LogP contribution >= 0.6 is 11.8 Å². The van der Waals surface area contributed by atoms with Gasteiger partial charge in [-0.3, -0.25) is 9.59 Å². The lowest BCUT2D eigenvalue weighted by Crippen LogP contribution is -2.42. The SMILES string of the molecule is CCSC1CCCCN(C(=O)C(N)=O)C1. The second-order valence-corrected chi connectivity index (χ2v) is 5.27. The van der Waals surface area contributed by atoms with E-state index < -0.39 is 11.8 Å². The summed E-state index contributed by atoms with van der Waals surface area (Å²) in [5.74, 6) is -0.320. The number of primary amides is 1. The fraction of sp³-hybridized carbons (Fsp3) is 0.800. The molecule has 15 heavy (non-hydrogen) atoms. The second-order valence-electron chi connectivity index (χ2n) is 3.69. The first kappa shape index (κ1) is 12.4. The molecule has 0 aromatic rings. The number of carbonyl (C=O) groups excluding carboxylic acids is 2. The average Bonchev–Trinajstić information content (AvgIpc) is 2.42. The smallest absolute Gasteiger partial charge is 0.311 e. The number of likely N-dealkylation sites (tertiary alicyclic amines) is 1. The lowest BCUT2D eigenvalue weighted by Gasteiger charge is -2.22. The van der Waals surface area contributed by atoms with Crippen molar-refractivity contribution >= 4 is 23.6 Å². The van der Waals surface area contributed by atoms with E-state index >= 15 is 0 Å². The lowest BCUT2D eigenvalue weighted by molar-refractivity contribution is -0.144. The minimum Gasteiger partial charge on any atom is -0.361 e. The van der Waals surface area contributed by atoms with Crippen LogP contribution in [0, 0.1) is 0 Å². The van der Waals surface area contributed by atoms with Gasteiger partial charge in [-0.05, 0) is 18.6 Å². The summed E-state index contributed by atoms with van der Waals surface area (Å²) in [6.45, 7) is 3.44. The van der Waals surface area contributed by atoms with Gasteiger partial charge in [-0.1, -0.05) is 13.3 Å². The highest BCUT2D eigenvalue weighted by atomic mass is 32.2. The molecule has 1 aliphatic rings. The molecule has 0 aromatic carbocycles. The lowest BCUT2D eigenvalue weighted by atomic mass is 10.2. The van der Waals surface area contributed by atoms with Crippen molar-refractivity contribution in [1.82, 2.24) is 4.90 Å². The number of thioether (sulfide) groups is 1. The van der Waals surface area contributed by atoms with E-state index in [1.165, 1.54) is 0 Å². The molecule has 0 radical (unpaired) electrons. The summed E-state index contributed by atoms with van der Waals surface area (Å²) in [5, 5.41) is 0.459. The molecule has 1 aliphatic heterocycles. The predicted octanol–water partition coefficient (Wildman–Crippen LogP) is 0.606. The number of amides is 2. The van der Waals surface area contributed by atoms with Crippen molar-refractivity contribution in [3.8, 4) is 0 Å². The van der Waals surface area contributed by atoms with Crippen molar-refractivity contribution in [2.75, 3.05) is 18.8 Å². The van der Waals surface area contributed by atoms with Crippen LogP contribution in [-0.2, 0) is 9.59 Å². The van der Waals surface area contributed by atoms with Crippen LogP contribution in [0.1, 0.15) is 26.2 Å². The Bertz CT molecular complexity index is 246.